The zero-order valence-corrected chi connectivity index (χ0v) is 21.9. The number of carboxylic acid groups (broad SMARTS) is 1. The molecule has 2 fully saturated rings. The van der Waals surface area contributed by atoms with Gasteiger partial charge in [0.25, 0.3) is 5.91 Å². The molecule has 38 heavy (non-hydrogen) atoms. The highest BCUT2D eigenvalue weighted by atomic mass is 19.1. The van der Waals surface area contributed by atoms with Gasteiger partial charge in [-0.3, -0.25) is 9.59 Å². The minimum atomic E-state index is -0.938. The summed E-state index contributed by atoms with van der Waals surface area (Å²) in [6.45, 7) is 3.86. The van der Waals surface area contributed by atoms with Gasteiger partial charge in [0.15, 0.2) is 11.6 Å². The van der Waals surface area contributed by atoms with E-state index in [4.69, 9.17) is 9.84 Å². The molecule has 0 spiro atoms. The van der Waals surface area contributed by atoms with Gasteiger partial charge in [-0.2, -0.15) is 0 Å². The molecule has 0 saturated heterocycles. The number of amides is 1. The fraction of sp³-hybridized carbons (Fsp3) is 0.375. The summed E-state index contributed by atoms with van der Waals surface area (Å²) in [7, 11) is 0. The third kappa shape index (κ3) is 5.04. The van der Waals surface area contributed by atoms with E-state index in [1.807, 2.05) is 32.0 Å². The fourth-order valence-corrected chi connectivity index (χ4v) is 6.50. The Hall–Kier alpha value is -3.67. The van der Waals surface area contributed by atoms with Crippen LogP contribution in [-0.4, -0.2) is 29.6 Å². The van der Waals surface area contributed by atoms with Gasteiger partial charge in [-0.05, 0) is 91.5 Å². The molecule has 3 aromatic carbocycles. The standard InChI is InChI=1S/C32H34FNO4/c1-20(2)38-29-14-8-24(18-28(29)33)22-4-10-25(11-5-22)32(19-21-3-9-27(32)17-21)26-12-6-23(7-13-26)31(37)34-16-15-30(35)36/h4-8,10-14,18,20-21,27H,3,9,15-17,19H2,1-2H3,(H,34,37)(H,35,36). The molecule has 5 rings (SSSR count). The van der Waals surface area contributed by atoms with E-state index in [1.54, 1.807) is 6.07 Å². The number of carbonyl (C=O) groups excluding carboxylic acids is 1. The highest BCUT2D eigenvalue weighted by molar-refractivity contribution is 5.94. The van der Waals surface area contributed by atoms with Crippen molar-refractivity contribution in [2.24, 2.45) is 11.8 Å². The van der Waals surface area contributed by atoms with Crippen molar-refractivity contribution in [2.75, 3.05) is 6.54 Å². The Labute approximate surface area is 223 Å². The number of benzene rings is 3. The summed E-state index contributed by atoms with van der Waals surface area (Å²) in [4.78, 5) is 23.2. The van der Waals surface area contributed by atoms with Gasteiger partial charge in [0.05, 0.1) is 12.5 Å². The Morgan fingerprint density at radius 3 is 2.21 bits per heavy atom. The summed E-state index contributed by atoms with van der Waals surface area (Å²) < 4.78 is 20.2. The molecule has 1 amide bonds. The third-order valence-electron chi connectivity index (χ3n) is 8.16. The average molecular weight is 516 g/mol. The summed E-state index contributed by atoms with van der Waals surface area (Å²) in [5.41, 5.74) is 4.65. The zero-order valence-electron chi connectivity index (χ0n) is 21.9. The molecule has 2 N–H and O–H groups in total. The molecule has 0 aromatic heterocycles. The van der Waals surface area contributed by atoms with Crippen LogP contribution in [-0.2, 0) is 10.2 Å². The number of rotatable bonds is 9. The molecule has 6 heteroatoms. The lowest BCUT2D eigenvalue weighted by molar-refractivity contribution is -0.136. The number of carbonyl (C=O) groups is 2. The molecule has 2 saturated carbocycles. The van der Waals surface area contributed by atoms with Gasteiger partial charge in [-0.15, -0.1) is 0 Å². The first-order chi connectivity index (χ1) is 18.3. The summed E-state index contributed by atoms with van der Waals surface area (Å²) in [6.07, 6.45) is 4.55. The lowest BCUT2D eigenvalue weighted by atomic mass is 9.64. The fourth-order valence-electron chi connectivity index (χ4n) is 6.50. The molecule has 0 heterocycles. The Balaban J connectivity index is 1.41. The first-order valence-electron chi connectivity index (χ1n) is 13.4. The number of halogens is 1. The highest BCUT2D eigenvalue weighted by Gasteiger charge is 2.52. The quantitative estimate of drug-likeness (QED) is 0.337. The van der Waals surface area contributed by atoms with Crippen LogP contribution in [0.1, 0.15) is 67.4 Å². The summed E-state index contributed by atoms with van der Waals surface area (Å²) in [5, 5.41) is 11.5. The van der Waals surface area contributed by atoms with Crippen molar-refractivity contribution < 1.29 is 23.8 Å². The van der Waals surface area contributed by atoms with E-state index in [2.05, 4.69) is 41.7 Å². The maximum atomic E-state index is 14.6. The van der Waals surface area contributed by atoms with Crippen molar-refractivity contribution in [1.29, 1.82) is 0 Å². The van der Waals surface area contributed by atoms with Crippen molar-refractivity contribution in [3.05, 3.63) is 89.2 Å². The van der Waals surface area contributed by atoms with Gasteiger partial charge >= 0.3 is 5.97 Å². The van der Waals surface area contributed by atoms with E-state index in [9.17, 15) is 14.0 Å². The van der Waals surface area contributed by atoms with Crippen molar-refractivity contribution in [2.45, 2.75) is 57.5 Å². The van der Waals surface area contributed by atoms with E-state index >= 15 is 0 Å². The van der Waals surface area contributed by atoms with Crippen LogP contribution in [0.5, 0.6) is 5.75 Å². The van der Waals surface area contributed by atoms with Crippen LogP contribution in [0.25, 0.3) is 11.1 Å². The first kappa shape index (κ1) is 26.0. The number of aliphatic carboxylic acids is 1. The van der Waals surface area contributed by atoms with Crippen molar-refractivity contribution in [1.82, 2.24) is 5.32 Å². The molecule has 2 aliphatic rings. The second kappa shape index (κ2) is 10.6. The molecule has 3 atom stereocenters. The monoisotopic (exact) mass is 515 g/mol. The normalized spacial score (nSPS) is 22.0. The van der Waals surface area contributed by atoms with Crippen LogP contribution >= 0.6 is 0 Å². The third-order valence-corrected chi connectivity index (χ3v) is 8.16. The number of nitrogens with one attached hydrogen (secondary N) is 1. The second-order valence-corrected chi connectivity index (χ2v) is 10.9. The van der Waals surface area contributed by atoms with Gasteiger partial charge in [0, 0.05) is 17.5 Å². The summed E-state index contributed by atoms with van der Waals surface area (Å²) in [5.74, 6) is -0.0644. The molecule has 2 bridgehead atoms. The second-order valence-electron chi connectivity index (χ2n) is 10.9. The largest absolute Gasteiger partial charge is 0.488 e. The lowest BCUT2D eigenvalue weighted by Gasteiger charge is -2.39. The van der Waals surface area contributed by atoms with Crippen molar-refractivity contribution in [3.63, 3.8) is 0 Å². The summed E-state index contributed by atoms with van der Waals surface area (Å²) in [6, 6.07) is 21.4. The van der Waals surface area contributed by atoms with Gasteiger partial charge in [0.1, 0.15) is 0 Å². The lowest BCUT2D eigenvalue weighted by Crippen LogP contribution is -2.34. The minimum absolute atomic E-state index is 0.0899. The van der Waals surface area contributed by atoms with Crippen molar-refractivity contribution >= 4 is 11.9 Å². The Morgan fingerprint density at radius 2 is 1.66 bits per heavy atom. The van der Waals surface area contributed by atoms with E-state index in [0.29, 0.717) is 17.4 Å². The number of ether oxygens (including phenoxy) is 1. The number of fused-ring (bicyclic) bond motifs is 2. The summed E-state index contributed by atoms with van der Waals surface area (Å²) >= 11 is 0. The number of carboxylic acids is 1. The van der Waals surface area contributed by atoms with Crippen LogP contribution in [0.2, 0.25) is 0 Å². The topological polar surface area (TPSA) is 75.6 Å². The average Bonchev–Trinajstić information content (AvgIpc) is 3.52. The smallest absolute Gasteiger partial charge is 0.305 e. The SMILES string of the molecule is CC(C)Oc1ccc(-c2ccc(C3(c4ccc(C(=O)NCCC(=O)O)cc4)CC4CCC3C4)cc2)cc1F. The van der Waals surface area contributed by atoms with Crippen molar-refractivity contribution in [3.8, 4) is 16.9 Å². The maximum absolute atomic E-state index is 14.6. The molecule has 3 aromatic rings. The van der Waals surface area contributed by atoms with Gasteiger partial charge in [-0.25, -0.2) is 4.39 Å². The maximum Gasteiger partial charge on any atom is 0.305 e. The molecule has 3 unspecified atom stereocenters. The van der Waals surface area contributed by atoms with E-state index < -0.39 is 5.97 Å². The molecule has 5 nitrogen and oxygen atoms in total. The van der Waals surface area contributed by atoms with Crippen LogP contribution < -0.4 is 10.1 Å². The van der Waals surface area contributed by atoms with E-state index in [0.717, 1.165) is 17.5 Å². The molecule has 0 aliphatic heterocycles. The van der Waals surface area contributed by atoms with Crippen LogP contribution in [0, 0.1) is 17.7 Å². The van der Waals surface area contributed by atoms with Crippen LogP contribution in [0.4, 0.5) is 4.39 Å². The molecule has 2 aliphatic carbocycles. The molecular weight excluding hydrogens is 481 g/mol. The van der Waals surface area contributed by atoms with E-state index in [1.165, 1.54) is 36.5 Å². The number of hydrogen-bond donors (Lipinski definition) is 2. The zero-order chi connectivity index (χ0) is 26.9. The first-order valence-corrected chi connectivity index (χ1v) is 13.4. The predicted octanol–water partition coefficient (Wildman–Crippen LogP) is 6.59. The van der Waals surface area contributed by atoms with Gasteiger partial charge < -0.3 is 15.2 Å². The molecular formula is C32H34FNO4. The van der Waals surface area contributed by atoms with Crippen LogP contribution in [0.3, 0.4) is 0 Å². The number of hydrogen-bond acceptors (Lipinski definition) is 3. The molecule has 198 valence electrons. The Morgan fingerprint density at radius 1 is 1.00 bits per heavy atom. The van der Waals surface area contributed by atoms with E-state index in [-0.39, 0.29) is 42.0 Å². The highest BCUT2D eigenvalue weighted by Crippen LogP contribution is 2.60. The predicted molar refractivity (Wildman–Crippen MR) is 145 cm³/mol. The Bertz CT molecular complexity index is 1320. The minimum Gasteiger partial charge on any atom is -0.488 e. The van der Waals surface area contributed by atoms with Gasteiger partial charge in [-0.1, -0.05) is 48.9 Å². The Kier molecular flexibility index (Phi) is 7.24. The molecule has 0 radical (unpaired) electrons. The van der Waals surface area contributed by atoms with Gasteiger partial charge in [0.2, 0.25) is 0 Å². The van der Waals surface area contributed by atoms with Crippen LogP contribution in [0.15, 0.2) is 66.7 Å².